The molecule has 5 rings (SSSR count). The molecule has 1 aliphatic heterocycles. The van der Waals surface area contributed by atoms with Gasteiger partial charge in [0.25, 0.3) is 0 Å². The highest BCUT2D eigenvalue weighted by Crippen LogP contribution is 2.44. The second-order valence-corrected chi connectivity index (χ2v) is 9.74. The zero-order chi connectivity index (χ0) is 28.1. The lowest BCUT2D eigenvalue weighted by Gasteiger charge is -2.27. The number of nitriles is 1. The summed E-state index contributed by atoms with van der Waals surface area (Å²) < 4.78 is 17.2. The number of rotatable bonds is 7. The van der Waals surface area contributed by atoms with E-state index in [4.69, 9.17) is 43.1 Å². The van der Waals surface area contributed by atoms with Crippen LogP contribution >= 0.6 is 23.2 Å². The summed E-state index contributed by atoms with van der Waals surface area (Å²) in [6.45, 7) is 0.408. The Balaban J connectivity index is 1.37. The minimum absolute atomic E-state index is 0.0173. The summed E-state index contributed by atoms with van der Waals surface area (Å²) in [4.78, 5) is 12.5. The third-order valence-electron chi connectivity index (χ3n) is 6.21. The van der Waals surface area contributed by atoms with Crippen LogP contribution in [0.3, 0.4) is 0 Å². The van der Waals surface area contributed by atoms with Gasteiger partial charge in [0.15, 0.2) is 0 Å². The second kappa shape index (κ2) is 12.0. The highest BCUT2D eigenvalue weighted by atomic mass is 35.5. The molecule has 8 heteroatoms. The molecule has 2 N–H and O–H groups in total. The number of esters is 1. The number of carbonyl (C=O) groups excluding carboxylic acids is 1. The van der Waals surface area contributed by atoms with Gasteiger partial charge < -0.3 is 19.9 Å². The molecule has 1 atom stereocenters. The van der Waals surface area contributed by atoms with Gasteiger partial charge in [-0.3, -0.25) is 0 Å². The van der Waals surface area contributed by atoms with Crippen LogP contribution in [-0.2, 0) is 11.4 Å². The topological polar surface area (TPSA) is 94.6 Å². The molecule has 0 bridgehead atoms. The smallest absolute Gasteiger partial charge is 0.336 e. The number of benzene rings is 4. The number of carbonyl (C=O) groups is 1. The molecule has 0 saturated heterocycles. The molecular weight excluding hydrogens is 547 g/mol. The molecule has 1 unspecified atom stereocenters. The van der Waals surface area contributed by atoms with Crippen LogP contribution in [-0.4, -0.2) is 5.97 Å². The van der Waals surface area contributed by atoms with Gasteiger partial charge in [-0.05, 0) is 53.1 Å². The van der Waals surface area contributed by atoms with Crippen LogP contribution < -0.4 is 19.9 Å². The third-order valence-corrected chi connectivity index (χ3v) is 6.77. The Hall–Kier alpha value is -4.70. The normalized spacial score (nSPS) is 14.3. The lowest BCUT2D eigenvalue weighted by atomic mass is 9.83. The number of nitrogens with zero attached hydrogens (tertiary/aromatic N) is 1. The van der Waals surface area contributed by atoms with E-state index < -0.39 is 11.9 Å². The van der Waals surface area contributed by atoms with Crippen molar-refractivity contribution < 1.29 is 19.0 Å². The van der Waals surface area contributed by atoms with Crippen LogP contribution in [0, 0.1) is 11.3 Å². The van der Waals surface area contributed by atoms with E-state index in [0.29, 0.717) is 39.3 Å². The van der Waals surface area contributed by atoms with Crippen LogP contribution in [0.15, 0.2) is 109 Å². The van der Waals surface area contributed by atoms with Gasteiger partial charge in [0, 0.05) is 27.8 Å². The Morgan fingerprint density at radius 2 is 1.80 bits per heavy atom. The summed E-state index contributed by atoms with van der Waals surface area (Å²) in [7, 11) is 0. The molecule has 0 aliphatic carbocycles. The van der Waals surface area contributed by atoms with E-state index in [0.717, 1.165) is 11.1 Å². The Bertz CT molecular complexity index is 1680. The van der Waals surface area contributed by atoms with Crippen molar-refractivity contribution >= 4 is 35.2 Å². The van der Waals surface area contributed by atoms with Crippen molar-refractivity contribution in [2.24, 2.45) is 5.73 Å². The van der Waals surface area contributed by atoms with Gasteiger partial charge in [-0.15, -0.1) is 0 Å². The molecule has 0 fully saturated rings. The quantitative estimate of drug-likeness (QED) is 0.142. The van der Waals surface area contributed by atoms with Gasteiger partial charge in [0.05, 0.1) is 5.92 Å². The van der Waals surface area contributed by atoms with Gasteiger partial charge in [-0.2, -0.15) is 5.26 Å². The summed E-state index contributed by atoms with van der Waals surface area (Å²) in [5.41, 5.74) is 9.61. The molecule has 4 aromatic rings. The Morgan fingerprint density at radius 3 is 2.58 bits per heavy atom. The zero-order valence-corrected chi connectivity index (χ0v) is 22.5. The molecule has 0 spiro atoms. The summed E-state index contributed by atoms with van der Waals surface area (Å²) in [6.07, 6.45) is 2.81. The number of halogens is 2. The second-order valence-electron chi connectivity index (χ2n) is 8.89. The minimum atomic E-state index is -0.608. The van der Waals surface area contributed by atoms with Crippen molar-refractivity contribution in [2.45, 2.75) is 12.5 Å². The van der Waals surface area contributed by atoms with Crippen LogP contribution in [0.2, 0.25) is 10.0 Å². The van der Waals surface area contributed by atoms with Crippen molar-refractivity contribution in [3.8, 4) is 23.3 Å². The average Bonchev–Trinajstić information content (AvgIpc) is 2.95. The summed E-state index contributed by atoms with van der Waals surface area (Å²) in [5, 5.41) is 10.8. The van der Waals surface area contributed by atoms with E-state index >= 15 is 0 Å². The van der Waals surface area contributed by atoms with Crippen molar-refractivity contribution in [1.29, 1.82) is 5.26 Å². The molecule has 198 valence electrons. The van der Waals surface area contributed by atoms with Crippen LogP contribution in [0.1, 0.15) is 28.2 Å². The highest BCUT2D eigenvalue weighted by Gasteiger charge is 2.31. The number of allylic oxidation sites excluding steroid dienone is 1. The summed E-state index contributed by atoms with van der Waals surface area (Å²) in [5.74, 6) is 0.169. The highest BCUT2D eigenvalue weighted by molar-refractivity contribution is 6.35. The van der Waals surface area contributed by atoms with E-state index in [9.17, 15) is 10.1 Å². The summed E-state index contributed by atoms with van der Waals surface area (Å²) >= 11 is 12.1. The van der Waals surface area contributed by atoms with Gasteiger partial charge in [0.1, 0.15) is 35.5 Å². The van der Waals surface area contributed by atoms with Crippen molar-refractivity contribution in [2.75, 3.05) is 0 Å². The van der Waals surface area contributed by atoms with Gasteiger partial charge in [-0.1, -0.05) is 77.8 Å². The Kier molecular flexibility index (Phi) is 8.07. The minimum Gasteiger partial charge on any atom is -0.489 e. The largest absolute Gasteiger partial charge is 0.489 e. The Labute approximate surface area is 241 Å². The molecule has 0 aromatic heterocycles. The lowest BCUT2D eigenvalue weighted by Crippen LogP contribution is -2.21. The van der Waals surface area contributed by atoms with Crippen molar-refractivity contribution in [1.82, 2.24) is 0 Å². The monoisotopic (exact) mass is 568 g/mol. The average molecular weight is 569 g/mol. The molecule has 40 heavy (non-hydrogen) atoms. The lowest BCUT2D eigenvalue weighted by molar-refractivity contribution is -0.128. The van der Waals surface area contributed by atoms with Crippen LogP contribution in [0.25, 0.3) is 6.08 Å². The molecule has 0 saturated carbocycles. The van der Waals surface area contributed by atoms with E-state index in [1.165, 1.54) is 6.08 Å². The first kappa shape index (κ1) is 26.9. The maximum atomic E-state index is 12.5. The first-order valence-corrected chi connectivity index (χ1v) is 13.0. The van der Waals surface area contributed by atoms with E-state index in [1.807, 2.05) is 54.6 Å². The number of nitrogens with two attached hydrogens (primary N) is 1. The number of hydrogen-bond acceptors (Lipinski definition) is 6. The fraction of sp³-hybridized carbons (Fsp3) is 0.0625. The van der Waals surface area contributed by atoms with E-state index in [-0.39, 0.29) is 17.2 Å². The molecule has 1 aliphatic rings. The molecule has 0 amide bonds. The summed E-state index contributed by atoms with van der Waals surface area (Å²) in [6, 6.07) is 29.5. The first-order valence-electron chi connectivity index (χ1n) is 12.2. The number of hydrogen-bond donors (Lipinski definition) is 1. The third kappa shape index (κ3) is 6.13. The predicted octanol–water partition coefficient (Wildman–Crippen LogP) is 7.41. The fourth-order valence-corrected chi connectivity index (χ4v) is 4.78. The van der Waals surface area contributed by atoms with Crippen molar-refractivity contribution in [3.05, 3.63) is 141 Å². The van der Waals surface area contributed by atoms with Crippen LogP contribution in [0.5, 0.6) is 17.2 Å². The molecular formula is C32H22Cl2N2O4. The predicted molar refractivity (Wildman–Crippen MR) is 154 cm³/mol. The molecule has 0 radical (unpaired) electrons. The Morgan fingerprint density at radius 1 is 0.975 bits per heavy atom. The van der Waals surface area contributed by atoms with Crippen molar-refractivity contribution in [3.63, 3.8) is 0 Å². The first-order chi connectivity index (χ1) is 19.4. The van der Waals surface area contributed by atoms with Gasteiger partial charge in [0.2, 0.25) is 5.88 Å². The van der Waals surface area contributed by atoms with Gasteiger partial charge in [-0.25, -0.2) is 4.79 Å². The molecule has 1 heterocycles. The number of fused-ring (bicyclic) bond motifs is 1. The fourth-order valence-electron chi connectivity index (χ4n) is 4.31. The standard InChI is InChI=1S/C32H22Cl2N2O4/c33-23-11-9-21(28(34)16-23)10-14-30(37)39-25-12-13-26-29(17-25)40-32(36)27(18-35)31(26)22-7-4-8-24(15-22)38-19-20-5-2-1-3-6-20/h1-17,31H,19,36H2/b14-10+. The SMILES string of the molecule is N#CC1=C(N)Oc2cc(OC(=O)/C=C/c3ccc(Cl)cc3Cl)ccc2C1c1cccc(OCc2ccccc2)c1. The van der Waals surface area contributed by atoms with E-state index in [2.05, 4.69) is 6.07 Å². The number of ether oxygens (including phenoxy) is 3. The zero-order valence-electron chi connectivity index (χ0n) is 21.0. The molecule has 4 aromatic carbocycles. The maximum Gasteiger partial charge on any atom is 0.336 e. The van der Waals surface area contributed by atoms with E-state index in [1.54, 1.807) is 42.5 Å². The van der Waals surface area contributed by atoms with Crippen LogP contribution in [0.4, 0.5) is 0 Å². The molecule has 6 nitrogen and oxygen atoms in total. The maximum absolute atomic E-state index is 12.5. The van der Waals surface area contributed by atoms with Gasteiger partial charge >= 0.3 is 5.97 Å².